The first kappa shape index (κ1) is 13.1. The number of pyridine rings is 1. The first-order valence-electron chi connectivity index (χ1n) is 6.67. The summed E-state index contributed by atoms with van der Waals surface area (Å²) in [5, 5.41) is 0.949. The number of aryl methyl sites for hydroxylation is 1. The highest BCUT2D eigenvalue weighted by Gasteiger charge is 2.23. The van der Waals surface area contributed by atoms with Gasteiger partial charge >= 0.3 is 0 Å². The summed E-state index contributed by atoms with van der Waals surface area (Å²) in [7, 11) is 0. The van der Waals surface area contributed by atoms with Gasteiger partial charge < -0.3 is 0 Å². The van der Waals surface area contributed by atoms with Crippen LogP contribution in [0.5, 0.6) is 0 Å². The Morgan fingerprint density at radius 3 is 2.80 bits per heavy atom. The van der Waals surface area contributed by atoms with Gasteiger partial charge in [0.25, 0.3) is 5.56 Å². The van der Waals surface area contributed by atoms with E-state index in [4.69, 9.17) is 18.0 Å². The molecule has 0 radical (unpaired) electrons. The third kappa shape index (κ3) is 1.90. The molecule has 3 rings (SSSR count). The molecule has 2 aromatic rings. The van der Waals surface area contributed by atoms with E-state index < -0.39 is 0 Å². The van der Waals surface area contributed by atoms with Gasteiger partial charge in [-0.15, -0.1) is 6.42 Å². The Bertz CT molecular complexity index is 782. The van der Waals surface area contributed by atoms with Gasteiger partial charge in [-0.05, 0) is 36.9 Å². The van der Waals surface area contributed by atoms with Gasteiger partial charge in [0, 0.05) is 17.6 Å². The van der Waals surface area contributed by atoms with Gasteiger partial charge in [0.2, 0.25) is 5.28 Å². The Balaban J connectivity index is 2.44. The minimum absolute atomic E-state index is 0.140. The van der Waals surface area contributed by atoms with E-state index in [0.717, 1.165) is 36.6 Å². The molecule has 1 saturated carbocycles. The zero-order chi connectivity index (χ0) is 14.3. The number of nitrogens with zero attached hydrogens (tertiary/aromatic N) is 3. The van der Waals surface area contributed by atoms with Crippen molar-refractivity contribution in [2.45, 2.75) is 38.6 Å². The smallest absolute Gasteiger partial charge is 0.268 e. The molecule has 5 heteroatoms. The van der Waals surface area contributed by atoms with Gasteiger partial charge in [0.15, 0.2) is 0 Å². The molecule has 0 aromatic carbocycles. The lowest BCUT2D eigenvalue weighted by atomic mass is 10.1. The van der Waals surface area contributed by atoms with E-state index in [2.05, 4.69) is 15.9 Å². The summed E-state index contributed by atoms with van der Waals surface area (Å²) in [6.07, 6.45) is 11.3. The predicted octanol–water partition coefficient (Wildman–Crippen LogP) is 2.85. The Hall–Kier alpha value is -1.86. The molecule has 1 aliphatic carbocycles. The molecule has 4 nitrogen and oxygen atoms in total. The van der Waals surface area contributed by atoms with E-state index in [1.165, 1.54) is 0 Å². The molecular weight excluding hydrogens is 274 g/mol. The highest BCUT2D eigenvalue weighted by molar-refractivity contribution is 6.28. The molecule has 0 bridgehead atoms. The Morgan fingerprint density at radius 2 is 2.15 bits per heavy atom. The van der Waals surface area contributed by atoms with Crippen LogP contribution >= 0.6 is 11.6 Å². The zero-order valence-corrected chi connectivity index (χ0v) is 11.9. The van der Waals surface area contributed by atoms with Crippen LogP contribution < -0.4 is 5.56 Å². The van der Waals surface area contributed by atoms with E-state index in [9.17, 15) is 4.79 Å². The molecule has 0 amide bonds. The van der Waals surface area contributed by atoms with Crippen molar-refractivity contribution in [3.8, 4) is 12.3 Å². The van der Waals surface area contributed by atoms with Crippen molar-refractivity contribution in [3.63, 3.8) is 0 Å². The maximum absolute atomic E-state index is 12.7. The first-order valence-corrected chi connectivity index (χ1v) is 7.05. The topological polar surface area (TPSA) is 47.8 Å². The van der Waals surface area contributed by atoms with Crippen LogP contribution in [0.1, 0.15) is 42.9 Å². The fraction of sp³-hybridized carbons (Fsp3) is 0.400. The second-order valence-corrected chi connectivity index (χ2v) is 5.47. The summed E-state index contributed by atoms with van der Waals surface area (Å²) in [5.41, 5.74) is 1.60. The van der Waals surface area contributed by atoms with Crippen LogP contribution in [0.4, 0.5) is 0 Å². The minimum Gasteiger partial charge on any atom is -0.288 e. The van der Waals surface area contributed by atoms with Crippen LogP contribution in [-0.2, 0) is 0 Å². The van der Waals surface area contributed by atoms with E-state index in [0.29, 0.717) is 11.2 Å². The van der Waals surface area contributed by atoms with Crippen molar-refractivity contribution in [3.05, 3.63) is 33.0 Å². The molecule has 0 atom stereocenters. The Morgan fingerprint density at radius 1 is 1.45 bits per heavy atom. The van der Waals surface area contributed by atoms with E-state index >= 15 is 0 Å². The number of hydrogen-bond acceptors (Lipinski definition) is 3. The number of fused-ring (bicyclic) bond motifs is 1. The monoisotopic (exact) mass is 287 g/mol. The maximum Gasteiger partial charge on any atom is 0.268 e. The van der Waals surface area contributed by atoms with E-state index in [1.807, 2.05) is 6.92 Å². The Kier molecular flexibility index (Phi) is 3.23. The standard InChI is InChI=1S/C15H14ClN3O/c1-3-11-9(2)12-8-17-15(16)18-13(12)19(14(11)20)10-6-4-5-7-10/h1,8,10H,4-7H2,2H3. The second-order valence-electron chi connectivity index (χ2n) is 5.13. The molecule has 20 heavy (non-hydrogen) atoms. The van der Waals surface area contributed by atoms with Crippen LogP contribution in [0.3, 0.4) is 0 Å². The van der Waals surface area contributed by atoms with Crippen molar-refractivity contribution in [2.75, 3.05) is 0 Å². The number of rotatable bonds is 1. The van der Waals surface area contributed by atoms with Gasteiger partial charge in [-0.1, -0.05) is 18.8 Å². The second kappa shape index (κ2) is 4.92. The SMILES string of the molecule is C#Cc1c(C)c2cnc(Cl)nc2n(C2CCCC2)c1=O. The molecule has 102 valence electrons. The van der Waals surface area contributed by atoms with Crippen molar-refractivity contribution >= 4 is 22.6 Å². The van der Waals surface area contributed by atoms with Crippen LogP contribution in [0.25, 0.3) is 11.0 Å². The van der Waals surface area contributed by atoms with Gasteiger partial charge in [0.05, 0.1) is 5.56 Å². The molecule has 0 unspecified atom stereocenters. The summed E-state index contributed by atoms with van der Waals surface area (Å²) < 4.78 is 1.72. The highest BCUT2D eigenvalue weighted by Crippen LogP contribution is 2.31. The molecule has 0 aliphatic heterocycles. The fourth-order valence-electron chi connectivity index (χ4n) is 2.98. The van der Waals surface area contributed by atoms with E-state index in [-0.39, 0.29) is 16.9 Å². The van der Waals surface area contributed by atoms with Crippen molar-refractivity contribution in [1.29, 1.82) is 0 Å². The molecule has 1 aliphatic rings. The lowest BCUT2D eigenvalue weighted by molar-refractivity contribution is 0.514. The fourth-order valence-corrected chi connectivity index (χ4v) is 3.11. The third-order valence-electron chi connectivity index (χ3n) is 4.01. The van der Waals surface area contributed by atoms with Crippen molar-refractivity contribution in [2.24, 2.45) is 0 Å². The lowest BCUT2D eigenvalue weighted by Crippen LogP contribution is -2.28. The number of aromatic nitrogens is 3. The highest BCUT2D eigenvalue weighted by atomic mass is 35.5. The number of hydrogen-bond donors (Lipinski definition) is 0. The maximum atomic E-state index is 12.7. The Labute approximate surface area is 121 Å². The molecule has 2 aromatic heterocycles. The van der Waals surface area contributed by atoms with Crippen LogP contribution in [-0.4, -0.2) is 14.5 Å². The largest absolute Gasteiger partial charge is 0.288 e. The normalized spacial score (nSPS) is 15.7. The van der Waals surface area contributed by atoms with Gasteiger partial charge in [-0.3, -0.25) is 9.36 Å². The zero-order valence-electron chi connectivity index (χ0n) is 11.2. The van der Waals surface area contributed by atoms with Gasteiger partial charge in [-0.25, -0.2) is 4.98 Å². The molecule has 2 heterocycles. The molecule has 1 fully saturated rings. The summed E-state index contributed by atoms with van der Waals surface area (Å²) in [5.74, 6) is 2.51. The first-order chi connectivity index (χ1) is 9.63. The third-order valence-corrected chi connectivity index (χ3v) is 4.20. The van der Waals surface area contributed by atoms with Crippen LogP contribution in [0.15, 0.2) is 11.0 Å². The molecule has 0 spiro atoms. The van der Waals surface area contributed by atoms with Gasteiger partial charge in [-0.2, -0.15) is 4.98 Å². The van der Waals surface area contributed by atoms with Crippen molar-refractivity contribution < 1.29 is 0 Å². The number of terminal acetylenes is 1. The quantitative estimate of drug-likeness (QED) is 0.598. The molecular formula is C15H14ClN3O. The number of halogens is 1. The van der Waals surface area contributed by atoms with Crippen LogP contribution in [0, 0.1) is 19.3 Å². The van der Waals surface area contributed by atoms with Crippen molar-refractivity contribution in [1.82, 2.24) is 14.5 Å². The lowest BCUT2D eigenvalue weighted by Gasteiger charge is -2.18. The minimum atomic E-state index is -0.140. The summed E-state index contributed by atoms with van der Waals surface area (Å²) >= 11 is 5.90. The average molecular weight is 288 g/mol. The summed E-state index contributed by atoms with van der Waals surface area (Å²) in [6, 6.07) is 0.156. The summed E-state index contributed by atoms with van der Waals surface area (Å²) in [6.45, 7) is 1.83. The predicted molar refractivity (Wildman–Crippen MR) is 79.0 cm³/mol. The average Bonchev–Trinajstić information content (AvgIpc) is 2.93. The molecule has 0 saturated heterocycles. The summed E-state index contributed by atoms with van der Waals surface area (Å²) in [4.78, 5) is 20.9. The van der Waals surface area contributed by atoms with Crippen LogP contribution in [0.2, 0.25) is 5.28 Å². The molecule has 0 N–H and O–H groups in total. The van der Waals surface area contributed by atoms with Gasteiger partial charge in [0.1, 0.15) is 5.65 Å². The van der Waals surface area contributed by atoms with E-state index in [1.54, 1.807) is 10.8 Å².